The molecule has 20 heavy (non-hydrogen) atoms. The minimum atomic E-state index is -0.0509. The van der Waals surface area contributed by atoms with Crippen LogP contribution >= 0.6 is 0 Å². The second-order valence-corrected chi connectivity index (χ2v) is 5.38. The first-order valence-electron chi connectivity index (χ1n) is 6.74. The van der Waals surface area contributed by atoms with Crippen LogP contribution < -0.4 is 10.5 Å². The summed E-state index contributed by atoms with van der Waals surface area (Å²) in [4.78, 5) is 0. The maximum Gasteiger partial charge on any atom is 0.121 e. The SMILES string of the molecule is COc1ccc(C2(c3ccc(N)cc3)COC2)cc1C. The molecule has 1 aliphatic rings. The predicted octanol–water partition coefficient (Wildman–Crippen LogP) is 2.90. The molecule has 2 aromatic carbocycles. The van der Waals surface area contributed by atoms with Gasteiger partial charge in [0.2, 0.25) is 0 Å². The molecule has 2 aromatic rings. The number of hydrogen-bond donors (Lipinski definition) is 1. The molecule has 0 spiro atoms. The molecule has 1 saturated heterocycles. The zero-order valence-corrected chi connectivity index (χ0v) is 11.8. The lowest BCUT2D eigenvalue weighted by molar-refractivity contribution is -0.0380. The van der Waals surface area contributed by atoms with E-state index in [9.17, 15) is 0 Å². The summed E-state index contributed by atoms with van der Waals surface area (Å²) in [5.74, 6) is 0.918. The molecule has 0 bridgehead atoms. The fourth-order valence-corrected chi connectivity index (χ4v) is 2.78. The molecule has 104 valence electrons. The van der Waals surface area contributed by atoms with E-state index in [1.54, 1.807) is 7.11 Å². The summed E-state index contributed by atoms with van der Waals surface area (Å²) in [7, 11) is 1.70. The Morgan fingerprint density at radius 1 is 1.05 bits per heavy atom. The van der Waals surface area contributed by atoms with Crippen LogP contribution in [-0.2, 0) is 10.2 Å². The van der Waals surface area contributed by atoms with Crippen molar-refractivity contribution in [3.8, 4) is 5.75 Å². The quantitative estimate of drug-likeness (QED) is 0.871. The number of nitrogen functional groups attached to an aromatic ring is 1. The van der Waals surface area contributed by atoms with Crippen molar-refractivity contribution < 1.29 is 9.47 Å². The molecule has 0 amide bonds. The summed E-state index contributed by atoms with van der Waals surface area (Å²) in [5, 5.41) is 0. The van der Waals surface area contributed by atoms with Gasteiger partial charge in [-0.15, -0.1) is 0 Å². The van der Waals surface area contributed by atoms with Crippen molar-refractivity contribution in [3.63, 3.8) is 0 Å². The highest BCUT2D eigenvalue weighted by atomic mass is 16.5. The summed E-state index contributed by atoms with van der Waals surface area (Å²) in [6.07, 6.45) is 0. The van der Waals surface area contributed by atoms with Gasteiger partial charge in [0.1, 0.15) is 5.75 Å². The van der Waals surface area contributed by atoms with Crippen LogP contribution in [0.2, 0.25) is 0 Å². The molecule has 3 heteroatoms. The molecule has 0 radical (unpaired) electrons. The molecule has 1 fully saturated rings. The summed E-state index contributed by atoms with van der Waals surface area (Å²) in [6, 6.07) is 14.4. The van der Waals surface area contributed by atoms with Crippen molar-refractivity contribution >= 4 is 5.69 Å². The van der Waals surface area contributed by atoms with Crippen LogP contribution in [-0.4, -0.2) is 20.3 Å². The van der Waals surface area contributed by atoms with E-state index in [-0.39, 0.29) is 5.41 Å². The highest BCUT2D eigenvalue weighted by Gasteiger charge is 2.42. The van der Waals surface area contributed by atoms with Crippen LogP contribution in [0.15, 0.2) is 42.5 Å². The summed E-state index contributed by atoms with van der Waals surface area (Å²) in [5.41, 5.74) is 10.2. The molecular formula is C17H19NO2. The Hall–Kier alpha value is -2.00. The van der Waals surface area contributed by atoms with E-state index >= 15 is 0 Å². The fraction of sp³-hybridized carbons (Fsp3) is 0.294. The van der Waals surface area contributed by atoms with E-state index in [0.29, 0.717) is 13.2 Å². The van der Waals surface area contributed by atoms with Gasteiger partial charge in [-0.25, -0.2) is 0 Å². The highest BCUT2D eigenvalue weighted by Crippen LogP contribution is 2.40. The third-order valence-electron chi connectivity index (χ3n) is 4.11. The van der Waals surface area contributed by atoms with Gasteiger partial charge in [0.25, 0.3) is 0 Å². The van der Waals surface area contributed by atoms with Gasteiger partial charge in [0.05, 0.1) is 25.7 Å². The molecule has 3 rings (SSSR count). The van der Waals surface area contributed by atoms with Gasteiger partial charge in [-0.2, -0.15) is 0 Å². The van der Waals surface area contributed by atoms with E-state index in [2.05, 4.69) is 31.2 Å². The van der Waals surface area contributed by atoms with Crippen molar-refractivity contribution in [1.82, 2.24) is 0 Å². The lowest BCUT2D eigenvalue weighted by Crippen LogP contribution is -2.47. The molecule has 0 aliphatic carbocycles. The van der Waals surface area contributed by atoms with Gasteiger partial charge in [0.15, 0.2) is 0 Å². The average Bonchev–Trinajstić information content (AvgIpc) is 2.40. The Kier molecular flexibility index (Phi) is 3.14. The van der Waals surface area contributed by atoms with Crippen molar-refractivity contribution in [2.75, 3.05) is 26.1 Å². The number of anilines is 1. The zero-order valence-electron chi connectivity index (χ0n) is 11.8. The van der Waals surface area contributed by atoms with Crippen molar-refractivity contribution in [2.45, 2.75) is 12.3 Å². The average molecular weight is 269 g/mol. The number of aryl methyl sites for hydroxylation is 1. The normalized spacial score (nSPS) is 16.5. The minimum absolute atomic E-state index is 0.0509. The van der Waals surface area contributed by atoms with Crippen LogP contribution in [0, 0.1) is 6.92 Å². The molecule has 3 nitrogen and oxygen atoms in total. The number of methoxy groups -OCH3 is 1. The molecule has 0 unspecified atom stereocenters. The standard InChI is InChI=1S/C17H19NO2/c1-12-9-14(5-8-16(12)19-2)17(10-20-11-17)13-3-6-15(18)7-4-13/h3-9H,10-11,18H2,1-2H3. The van der Waals surface area contributed by atoms with Gasteiger partial charge in [-0.1, -0.05) is 24.3 Å². The molecule has 1 heterocycles. The van der Waals surface area contributed by atoms with E-state index in [4.69, 9.17) is 15.2 Å². The number of benzene rings is 2. The van der Waals surface area contributed by atoms with Crippen LogP contribution in [0.25, 0.3) is 0 Å². The first-order valence-corrected chi connectivity index (χ1v) is 6.74. The Bertz CT molecular complexity index is 615. The largest absolute Gasteiger partial charge is 0.496 e. The second kappa shape index (κ2) is 4.84. The summed E-state index contributed by atoms with van der Waals surface area (Å²) < 4.78 is 10.8. The number of ether oxygens (including phenoxy) is 2. The van der Waals surface area contributed by atoms with Crippen molar-refractivity contribution in [3.05, 3.63) is 59.2 Å². The first kappa shape index (κ1) is 13.0. The van der Waals surface area contributed by atoms with Crippen molar-refractivity contribution in [2.24, 2.45) is 0 Å². The lowest BCUT2D eigenvalue weighted by atomic mass is 9.72. The molecular weight excluding hydrogens is 250 g/mol. The monoisotopic (exact) mass is 269 g/mol. The Morgan fingerprint density at radius 3 is 2.20 bits per heavy atom. The number of nitrogens with two attached hydrogens (primary N) is 1. The van der Waals surface area contributed by atoms with Gasteiger partial charge in [0, 0.05) is 5.69 Å². The van der Waals surface area contributed by atoms with E-state index < -0.39 is 0 Å². The maximum atomic E-state index is 5.78. The van der Waals surface area contributed by atoms with Crippen LogP contribution in [0.1, 0.15) is 16.7 Å². The van der Waals surface area contributed by atoms with Crippen LogP contribution in [0.3, 0.4) is 0 Å². The first-order chi connectivity index (χ1) is 9.65. The Balaban J connectivity index is 2.04. The zero-order chi connectivity index (χ0) is 14.2. The van der Waals surface area contributed by atoms with Gasteiger partial charge < -0.3 is 15.2 Å². The fourth-order valence-electron chi connectivity index (χ4n) is 2.78. The van der Waals surface area contributed by atoms with Crippen LogP contribution in [0.4, 0.5) is 5.69 Å². The molecule has 0 saturated carbocycles. The molecule has 1 aliphatic heterocycles. The summed E-state index contributed by atoms with van der Waals surface area (Å²) in [6.45, 7) is 3.49. The topological polar surface area (TPSA) is 44.5 Å². The Morgan fingerprint density at radius 2 is 1.70 bits per heavy atom. The highest BCUT2D eigenvalue weighted by molar-refractivity contribution is 5.49. The Labute approximate surface area is 119 Å². The maximum absolute atomic E-state index is 5.78. The lowest BCUT2D eigenvalue weighted by Gasteiger charge is -2.42. The predicted molar refractivity (Wildman–Crippen MR) is 80.2 cm³/mol. The number of hydrogen-bond acceptors (Lipinski definition) is 3. The number of rotatable bonds is 3. The third kappa shape index (κ3) is 1.95. The smallest absolute Gasteiger partial charge is 0.121 e. The second-order valence-electron chi connectivity index (χ2n) is 5.38. The molecule has 2 N–H and O–H groups in total. The third-order valence-corrected chi connectivity index (χ3v) is 4.11. The van der Waals surface area contributed by atoms with Crippen LogP contribution in [0.5, 0.6) is 5.75 Å². The van der Waals surface area contributed by atoms with Gasteiger partial charge in [-0.05, 0) is 41.8 Å². The van der Waals surface area contributed by atoms with Crippen molar-refractivity contribution in [1.29, 1.82) is 0 Å². The summed E-state index contributed by atoms with van der Waals surface area (Å²) >= 11 is 0. The van der Waals surface area contributed by atoms with E-state index in [1.165, 1.54) is 11.1 Å². The van der Waals surface area contributed by atoms with Gasteiger partial charge >= 0.3 is 0 Å². The molecule has 0 aromatic heterocycles. The minimum Gasteiger partial charge on any atom is -0.496 e. The van der Waals surface area contributed by atoms with Gasteiger partial charge in [-0.3, -0.25) is 0 Å². The van der Waals surface area contributed by atoms with E-state index in [1.807, 2.05) is 18.2 Å². The molecule has 0 atom stereocenters. The van der Waals surface area contributed by atoms with E-state index in [0.717, 1.165) is 17.0 Å².